The summed E-state index contributed by atoms with van der Waals surface area (Å²) in [5, 5.41) is 15.1. The first kappa shape index (κ1) is 22.1. The van der Waals surface area contributed by atoms with Gasteiger partial charge in [-0.05, 0) is 33.0 Å². The fourth-order valence-corrected chi connectivity index (χ4v) is 3.05. The van der Waals surface area contributed by atoms with Crippen LogP contribution in [0.3, 0.4) is 0 Å². The molecule has 0 unspecified atom stereocenters. The van der Waals surface area contributed by atoms with Crippen LogP contribution >= 0.6 is 0 Å². The summed E-state index contributed by atoms with van der Waals surface area (Å²) in [5.74, 6) is -1.54. The molecule has 0 radical (unpaired) electrons. The zero-order valence-corrected chi connectivity index (χ0v) is 16.2. The molecular weight excluding hydrogens is 338 g/mol. The zero-order chi connectivity index (χ0) is 19.9. The predicted molar refractivity (Wildman–Crippen MR) is 97.7 cm³/mol. The lowest BCUT2D eigenvalue weighted by atomic mass is 9.87. The van der Waals surface area contributed by atoms with Gasteiger partial charge in [0.15, 0.2) is 0 Å². The molecule has 0 heterocycles. The van der Waals surface area contributed by atoms with E-state index >= 15 is 0 Å². The van der Waals surface area contributed by atoms with Gasteiger partial charge in [0.2, 0.25) is 11.8 Å². The smallest absolute Gasteiger partial charge is 0.331 e. The molecule has 8 nitrogen and oxygen atoms in total. The molecule has 0 saturated heterocycles. The van der Waals surface area contributed by atoms with Crippen molar-refractivity contribution in [3.63, 3.8) is 0 Å². The molecule has 148 valence electrons. The van der Waals surface area contributed by atoms with Crippen LogP contribution in [0.2, 0.25) is 0 Å². The monoisotopic (exact) mass is 369 g/mol. The van der Waals surface area contributed by atoms with E-state index in [9.17, 15) is 19.5 Å². The second-order valence-corrected chi connectivity index (χ2v) is 6.88. The van der Waals surface area contributed by atoms with Crippen LogP contribution in [0.25, 0.3) is 0 Å². The van der Waals surface area contributed by atoms with E-state index in [0.29, 0.717) is 0 Å². The summed E-state index contributed by atoms with van der Waals surface area (Å²) < 4.78 is 6.06. The van der Waals surface area contributed by atoms with Gasteiger partial charge in [-0.25, -0.2) is 4.79 Å². The van der Waals surface area contributed by atoms with Crippen LogP contribution in [0.15, 0.2) is 11.6 Å². The molecule has 2 amide bonds. The fraction of sp³-hybridized carbons (Fsp3) is 0.722. The van der Waals surface area contributed by atoms with Crippen LogP contribution in [-0.2, 0) is 19.1 Å². The summed E-state index contributed by atoms with van der Waals surface area (Å²) in [4.78, 5) is 37.1. The molecule has 1 aliphatic carbocycles. The van der Waals surface area contributed by atoms with Crippen LogP contribution < -0.4 is 10.6 Å². The van der Waals surface area contributed by atoms with E-state index in [4.69, 9.17) is 4.74 Å². The van der Waals surface area contributed by atoms with Gasteiger partial charge in [-0.3, -0.25) is 9.59 Å². The first-order chi connectivity index (χ1) is 12.2. The minimum Gasteiger partial charge on any atom is -0.478 e. The third kappa shape index (κ3) is 6.76. The first-order valence-electron chi connectivity index (χ1n) is 8.98. The number of nitrogens with zero attached hydrogens (tertiary/aromatic N) is 1. The second kappa shape index (κ2) is 10.3. The molecular formula is C18H31N3O5. The molecule has 26 heavy (non-hydrogen) atoms. The number of rotatable bonds is 9. The number of likely N-dealkylation sites (N-methyl/N-ethyl adjacent to an activating group) is 1. The molecule has 0 spiro atoms. The molecule has 0 aliphatic heterocycles. The normalized spacial score (nSPS) is 22.9. The summed E-state index contributed by atoms with van der Waals surface area (Å²) >= 11 is 0. The minimum atomic E-state index is -1.05. The van der Waals surface area contributed by atoms with Crippen molar-refractivity contribution in [1.29, 1.82) is 0 Å². The Morgan fingerprint density at radius 3 is 2.35 bits per heavy atom. The number of nitrogens with one attached hydrogen (secondary N) is 2. The lowest BCUT2D eigenvalue weighted by Crippen LogP contribution is -2.60. The van der Waals surface area contributed by atoms with E-state index in [0.717, 1.165) is 12.8 Å². The minimum absolute atomic E-state index is 0.0567. The molecule has 3 atom stereocenters. The van der Waals surface area contributed by atoms with Crippen LogP contribution in [0.4, 0.5) is 0 Å². The average molecular weight is 369 g/mol. The van der Waals surface area contributed by atoms with Crippen molar-refractivity contribution in [3.8, 4) is 0 Å². The van der Waals surface area contributed by atoms with Gasteiger partial charge in [0.25, 0.3) is 0 Å². The molecule has 1 rings (SSSR count). The highest BCUT2D eigenvalue weighted by atomic mass is 16.5. The van der Waals surface area contributed by atoms with E-state index in [2.05, 4.69) is 10.6 Å². The van der Waals surface area contributed by atoms with Gasteiger partial charge in [-0.1, -0.05) is 13.8 Å². The van der Waals surface area contributed by atoms with Gasteiger partial charge in [-0.2, -0.15) is 0 Å². The highest BCUT2D eigenvalue weighted by molar-refractivity contribution is 5.87. The maximum Gasteiger partial charge on any atom is 0.331 e. The quantitative estimate of drug-likeness (QED) is 0.547. The second-order valence-electron chi connectivity index (χ2n) is 6.88. The van der Waals surface area contributed by atoms with Gasteiger partial charge in [-0.15, -0.1) is 0 Å². The summed E-state index contributed by atoms with van der Waals surface area (Å²) in [6.45, 7) is 5.54. The Hall–Kier alpha value is -1.93. The molecule has 0 saturated carbocycles. The Morgan fingerprint density at radius 1 is 1.27 bits per heavy atom. The Morgan fingerprint density at radius 2 is 1.88 bits per heavy atom. The number of carbonyl (C=O) groups excluding carboxylic acids is 2. The van der Waals surface area contributed by atoms with E-state index in [1.807, 2.05) is 13.8 Å². The van der Waals surface area contributed by atoms with Gasteiger partial charge >= 0.3 is 5.97 Å². The van der Waals surface area contributed by atoms with Crippen molar-refractivity contribution < 1.29 is 24.2 Å². The maximum absolute atomic E-state index is 12.2. The third-order valence-corrected chi connectivity index (χ3v) is 4.30. The molecule has 0 fully saturated rings. The van der Waals surface area contributed by atoms with Gasteiger partial charge in [0, 0.05) is 18.9 Å². The summed E-state index contributed by atoms with van der Waals surface area (Å²) in [7, 11) is 3.54. The standard InChI is InChI=1S/C18H31N3O5/c1-6-13(7-2)26-15-9-12(18(24)25)8-14(17(15)19-11(3)22)20-16(23)10-21(4)5/h9,13-15,17H,6-8,10H2,1-5H3,(H,19,22)(H,20,23)(H,24,25)/t14-,15+,17+/m0/s1. The SMILES string of the molecule is CCC(CC)O[C@@H]1C=C(C(=O)O)C[C@H](NC(=O)CN(C)C)[C@H]1NC(C)=O. The highest BCUT2D eigenvalue weighted by Gasteiger charge is 2.38. The van der Waals surface area contributed by atoms with E-state index < -0.39 is 24.2 Å². The van der Waals surface area contributed by atoms with Crippen molar-refractivity contribution >= 4 is 17.8 Å². The Bertz CT molecular complexity index is 543. The van der Waals surface area contributed by atoms with E-state index in [1.54, 1.807) is 25.1 Å². The first-order valence-corrected chi connectivity index (χ1v) is 8.98. The Labute approximate surface area is 154 Å². The topological polar surface area (TPSA) is 108 Å². The molecule has 0 aromatic carbocycles. The predicted octanol–water partition coefficient (Wildman–Crippen LogP) is 0.526. The van der Waals surface area contributed by atoms with Crippen molar-refractivity contribution in [1.82, 2.24) is 15.5 Å². The number of ether oxygens (including phenoxy) is 1. The largest absolute Gasteiger partial charge is 0.478 e. The summed E-state index contributed by atoms with van der Waals surface area (Å²) in [5.41, 5.74) is 0.178. The van der Waals surface area contributed by atoms with Crippen LogP contribution in [0, 0.1) is 0 Å². The summed E-state index contributed by atoms with van der Waals surface area (Å²) in [6.07, 6.45) is 2.55. The zero-order valence-electron chi connectivity index (χ0n) is 16.2. The van der Waals surface area contributed by atoms with E-state index in [-0.39, 0.29) is 36.5 Å². The lowest BCUT2D eigenvalue weighted by Gasteiger charge is -2.38. The lowest BCUT2D eigenvalue weighted by molar-refractivity contribution is -0.134. The number of aliphatic carboxylic acids is 1. The third-order valence-electron chi connectivity index (χ3n) is 4.30. The summed E-state index contributed by atoms with van der Waals surface area (Å²) in [6, 6.07) is -1.08. The molecule has 0 aromatic heterocycles. The number of carboxylic acids is 1. The molecule has 0 aromatic rings. The number of amides is 2. The maximum atomic E-state index is 12.2. The van der Waals surface area contributed by atoms with Crippen molar-refractivity contribution in [2.24, 2.45) is 0 Å². The number of hydrogen-bond donors (Lipinski definition) is 3. The number of carbonyl (C=O) groups is 3. The molecule has 0 bridgehead atoms. The average Bonchev–Trinajstić information content (AvgIpc) is 2.53. The Kier molecular flexibility index (Phi) is 8.74. The number of hydrogen-bond acceptors (Lipinski definition) is 5. The van der Waals surface area contributed by atoms with Crippen molar-refractivity contribution in [3.05, 3.63) is 11.6 Å². The molecule has 3 N–H and O–H groups in total. The van der Waals surface area contributed by atoms with Crippen molar-refractivity contribution in [2.45, 2.75) is 64.3 Å². The van der Waals surface area contributed by atoms with Gasteiger partial charge < -0.3 is 25.4 Å². The fourth-order valence-electron chi connectivity index (χ4n) is 3.05. The van der Waals surface area contributed by atoms with Crippen LogP contribution in [0.5, 0.6) is 0 Å². The van der Waals surface area contributed by atoms with E-state index in [1.165, 1.54) is 6.92 Å². The van der Waals surface area contributed by atoms with Gasteiger partial charge in [0.05, 0.1) is 30.8 Å². The van der Waals surface area contributed by atoms with Gasteiger partial charge in [0.1, 0.15) is 0 Å². The number of carboxylic acid groups (broad SMARTS) is 1. The highest BCUT2D eigenvalue weighted by Crippen LogP contribution is 2.24. The Balaban J connectivity index is 3.11. The van der Waals surface area contributed by atoms with Crippen LogP contribution in [-0.4, -0.2) is 72.7 Å². The molecule has 8 heteroatoms. The van der Waals surface area contributed by atoms with Crippen molar-refractivity contribution in [2.75, 3.05) is 20.6 Å². The molecule has 1 aliphatic rings. The van der Waals surface area contributed by atoms with Crippen LogP contribution in [0.1, 0.15) is 40.0 Å².